The van der Waals surface area contributed by atoms with Gasteiger partial charge in [-0.25, -0.2) is 4.98 Å². The highest BCUT2D eigenvalue weighted by molar-refractivity contribution is 7.19. The minimum Gasteiger partial charge on any atom is -0.340 e. The van der Waals surface area contributed by atoms with E-state index in [0.717, 1.165) is 28.3 Å². The number of benzene rings is 1. The molecule has 1 amide bonds. The van der Waals surface area contributed by atoms with Crippen molar-refractivity contribution in [3.63, 3.8) is 0 Å². The van der Waals surface area contributed by atoms with Crippen LogP contribution in [0.1, 0.15) is 18.9 Å². The maximum atomic E-state index is 11.8. The average molecular weight is 260 g/mol. The number of carbonyl (C=O) groups is 1. The number of para-hydroxylation sites is 1. The number of rotatable bonds is 4. The summed E-state index contributed by atoms with van der Waals surface area (Å²) in [6.45, 7) is 5.43. The van der Waals surface area contributed by atoms with E-state index in [2.05, 4.69) is 4.98 Å². The number of aromatic nitrogens is 1. The van der Waals surface area contributed by atoms with Crippen molar-refractivity contribution >= 4 is 33.5 Å². The van der Waals surface area contributed by atoms with Gasteiger partial charge in [0.1, 0.15) is 5.01 Å². The van der Waals surface area contributed by atoms with Gasteiger partial charge in [0.05, 0.1) is 10.2 Å². The third-order valence-electron chi connectivity index (χ3n) is 2.75. The molecule has 0 fully saturated rings. The third kappa shape index (κ3) is 2.76. The first-order valence-corrected chi connectivity index (χ1v) is 6.88. The molecular weight excluding hydrogens is 244 g/mol. The van der Waals surface area contributed by atoms with Crippen molar-refractivity contribution in [1.82, 2.24) is 9.88 Å². The van der Waals surface area contributed by atoms with Crippen LogP contribution in [0.3, 0.4) is 0 Å². The van der Waals surface area contributed by atoms with Gasteiger partial charge in [-0.3, -0.25) is 4.79 Å². The lowest BCUT2D eigenvalue weighted by molar-refractivity contribution is -0.125. The van der Waals surface area contributed by atoms with E-state index < -0.39 is 0 Å². The molecular formula is C14H16N2OS. The lowest BCUT2D eigenvalue weighted by atomic mass is 10.3. The van der Waals surface area contributed by atoms with Gasteiger partial charge >= 0.3 is 0 Å². The number of hydrogen-bond donors (Lipinski definition) is 0. The molecule has 0 saturated heterocycles. The molecule has 2 rings (SSSR count). The molecule has 1 aromatic carbocycles. The lowest BCUT2D eigenvalue weighted by Gasteiger charge is -2.15. The predicted molar refractivity (Wildman–Crippen MR) is 76.6 cm³/mol. The van der Waals surface area contributed by atoms with E-state index in [1.807, 2.05) is 38.1 Å². The molecule has 3 nitrogen and oxygen atoms in total. The van der Waals surface area contributed by atoms with E-state index in [4.69, 9.17) is 0 Å². The zero-order valence-corrected chi connectivity index (χ0v) is 11.4. The standard InChI is InChI=1S/C14H16N2OS/c1-3-16(4-2)14(17)10-9-13-15-11-7-5-6-8-12(11)18-13/h5-10H,3-4H2,1-2H3. The molecule has 0 spiro atoms. The Kier molecular flexibility index (Phi) is 4.10. The van der Waals surface area contributed by atoms with Crippen LogP contribution < -0.4 is 0 Å². The Morgan fingerprint density at radius 3 is 2.72 bits per heavy atom. The van der Waals surface area contributed by atoms with Gasteiger partial charge in [-0.2, -0.15) is 0 Å². The van der Waals surface area contributed by atoms with Crippen molar-refractivity contribution < 1.29 is 4.79 Å². The van der Waals surface area contributed by atoms with Crippen molar-refractivity contribution in [3.05, 3.63) is 35.3 Å². The summed E-state index contributed by atoms with van der Waals surface area (Å²) in [5.74, 6) is 0.0410. The molecule has 0 radical (unpaired) electrons. The minimum atomic E-state index is 0.0410. The first-order chi connectivity index (χ1) is 8.74. The van der Waals surface area contributed by atoms with Crippen molar-refractivity contribution in [2.24, 2.45) is 0 Å². The van der Waals surface area contributed by atoms with Crippen LogP contribution in [0.5, 0.6) is 0 Å². The first-order valence-electron chi connectivity index (χ1n) is 6.07. The second kappa shape index (κ2) is 5.78. The number of fused-ring (bicyclic) bond motifs is 1. The summed E-state index contributed by atoms with van der Waals surface area (Å²) < 4.78 is 1.15. The topological polar surface area (TPSA) is 33.2 Å². The average Bonchev–Trinajstić information content (AvgIpc) is 2.80. The van der Waals surface area contributed by atoms with Gasteiger partial charge in [-0.1, -0.05) is 12.1 Å². The lowest BCUT2D eigenvalue weighted by Crippen LogP contribution is -2.28. The Morgan fingerprint density at radius 1 is 1.33 bits per heavy atom. The number of likely N-dealkylation sites (N-methyl/N-ethyl adjacent to an activating group) is 1. The molecule has 0 aliphatic heterocycles. The third-order valence-corrected chi connectivity index (χ3v) is 3.76. The van der Waals surface area contributed by atoms with E-state index in [1.54, 1.807) is 28.4 Å². The molecule has 1 aromatic heterocycles. The number of carbonyl (C=O) groups excluding carboxylic acids is 1. The molecule has 2 aromatic rings. The molecule has 94 valence electrons. The fraction of sp³-hybridized carbons (Fsp3) is 0.286. The summed E-state index contributed by atoms with van der Waals surface area (Å²) in [5.41, 5.74) is 0.984. The summed E-state index contributed by atoms with van der Waals surface area (Å²) in [6, 6.07) is 7.98. The SMILES string of the molecule is CCN(CC)C(=O)C=Cc1nc2ccccc2s1. The van der Waals surface area contributed by atoms with E-state index in [-0.39, 0.29) is 5.91 Å². The summed E-state index contributed by atoms with van der Waals surface area (Å²) in [7, 11) is 0. The van der Waals surface area contributed by atoms with Crippen molar-refractivity contribution in [2.45, 2.75) is 13.8 Å². The summed E-state index contributed by atoms with van der Waals surface area (Å²) in [4.78, 5) is 18.0. The minimum absolute atomic E-state index is 0.0410. The Labute approximate surface area is 111 Å². The zero-order valence-electron chi connectivity index (χ0n) is 10.6. The van der Waals surface area contributed by atoms with Crippen LogP contribution in [0, 0.1) is 0 Å². The second-order valence-corrected chi connectivity index (χ2v) is 4.93. The highest BCUT2D eigenvalue weighted by Crippen LogP contribution is 2.22. The van der Waals surface area contributed by atoms with Crippen molar-refractivity contribution in [1.29, 1.82) is 0 Å². The van der Waals surface area contributed by atoms with E-state index >= 15 is 0 Å². The molecule has 0 saturated carbocycles. The van der Waals surface area contributed by atoms with Crippen LogP contribution in [0.15, 0.2) is 30.3 Å². The highest BCUT2D eigenvalue weighted by Gasteiger charge is 2.05. The molecule has 0 unspecified atom stereocenters. The summed E-state index contributed by atoms with van der Waals surface area (Å²) >= 11 is 1.60. The van der Waals surface area contributed by atoms with Gasteiger partial charge in [0.2, 0.25) is 5.91 Å². The molecule has 0 aliphatic rings. The maximum absolute atomic E-state index is 11.8. The van der Waals surface area contributed by atoms with Crippen LogP contribution in [-0.4, -0.2) is 28.9 Å². The highest BCUT2D eigenvalue weighted by atomic mass is 32.1. The largest absolute Gasteiger partial charge is 0.340 e. The second-order valence-electron chi connectivity index (χ2n) is 3.86. The Morgan fingerprint density at radius 2 is 2.06 bits per heavy atom. The fourth-order valence-corrected chi connectivity index (χ4v) is 2.61. The zero-order chi connectivity index (χ0) is 13.0. The van der Waals surface area contributed by atoms with Crippen LogP contribution in [0.25, 0.3) is 16.3 Å². The van der Waals surface area contributed by atoms with Gasteiger partial charge < -0.3 is 4.90 Å². The number of thiazole rings is 1. The molecule has 1 heterocycles. The normalized spacial score (nSPS) is 11.2. The van der Waals surface area contributed by atoms with E-state index in [0.29, 0.717) is 0 Å². The Bertz CT molecular complexity index is 537. The molecule has 0 aliphatic carbocycles. The fourth-order valence-electron chi connectivity index (χ4n) is 1.74. The number of hydrogen-bond acceptors (Lipinski definition) is 3. The quantitative estimate of drug-likeness (QED) is 0.791. The van der Waals surface area contributed by atoms with E-state index in [1.165, 1.54) is 0 Å². The van der Waals surface area contributed by atoms with Gasteiger partial charge in [-0.15, -0.1) is 11.3 Å². The van der Waals surface area contributed by atoms with Gasteiger partial charge in [0.25, 0.3) is 0 Å². The molecule has 4 heteroatoms. The molecule has 18 heavy (non-hydrogen) atoms. The Hall–Kier alpha value is -1.68. The van der Waals surface area contributed by atoms with Crippen LogP contribution in [0.2, 0.25) is 0 Å². The van der Waals surface area contributed by atoms with Crippen LogP contribution >= 0.6 is 11.3 Å². The van der Waals surface area contributed by atoms with Gasteiger partial charge in [0, 0.05) is 19.2 Å². The molecule has 0 bridgehead atoms. The van der Waals surface area contributed by atoms with Crippen molar-refractivity contribution in [3.8, 4) is 0 Å². The van der Waals surface area contributed by atoms with Crippen molar-refractivity contribution in [2.75, 3.05) is 13.1 Å². The monoisotopic (exact) mass is 260 g/mol. The maximum Gasteiger partial charge on any atom is 0.246 e. The van der Waals surface area contributed by atoms with Gasteiger partial charge in [-0.05, 0) is 32.1 Å². The summed E-state index contributed by atoms with van der Waals surface area (Å²) in [6.07, 6.45) is 3.40. The number of nitrogens with zero attached hydrogens (tertiary/aromatic N) is 2. The van der Waals surface area contributed by atoms with Gasteiger partial charge in [0.15, 0.2) is 0 Å². The predicted octanol–water partition coefficient (Wildman–Crippen LogP) is 3.18. The molecule has 0 atom stereocenters. The number of amides is 1. The first kappa shape index (κ1) is 12.8. The smallest absolute Gasteiger partial charge is 0.246 e. The summed E-state index contributed by atoms with van der Waals surface area (Å²) in [5, 5.41) is 0.872. The van der Waals surface area contributed by atoms with Crippen LogP contribution in [-0.2, 0) is 4.79 Å². The molecule has 0 N–H and O–H groups in total. The van der Waals surface area contributed by atoms with E-state index in [9.17, 15) is 4.79 Å². The van der Waals surface area contributed by atoms with Crippen LogP contribution in [0.4, 0.5) is 0 Å². The Balaban J connectivity index is 2.15.